The first-order valence-electron chi connectivity index (χ1n) is 6.12. The molecule has 15 heavy (non-hydrogen) atoms. The molecule has 0 aromatic heterocycles. The summed E-state index contributed by atoms with van der Waals surface area (Å²) in [6.07, 6.45) is 5.99. The maximum Gasteiger partial charge on any atom is 0.0165 e. The lowest BCUT2D eigenvalue weighted by atomic mass is 10.1. The molecule has 0 radical (unpaired) electrons. The van der Waals surface area contributed by atoms with Crippen molar-refractivity contribution in [3.63, 3.8) is 0 Å². The molecule has 0 unspecified atom stereocenters. The Kier molecular flexibility index (Phi) is 8.40. The molecule has 1 heteroatoms. The Morgan fingerprint density at radius 1 is 1.13 bits per heavy atom. The molecule has 0 rings (SSSR count). The Labute approximate surface area is 95.9 Å². The van der Waals surface area contributed by atoms with Crippen LogP contribution in [0.5, 0.6) is 0 Å². The monoisotopic (exact) mass is 209 g/mol. The minimum Gasteiger partial charge on any atom is -0.300 e. The van der Waals surface area contributed by atoms with E-state index in [0.29, 0.717) is 0 Å². The van der Waals surface area contributed by atoms with Crippen molar-refractivity contribution >= 4 is 0 Å². The second-order valence-electron chi connectivity index (χ2n) is 4.35. The molecule has 0 aliphatic heterocycles. The molecule has 0 aliphatic rings. The third-order valence-electron chi connectivity index (χ3n) is 2.77. The predicted octanol–water partition coefficient (Wildman–Crippen LogP) is 4.02. The van der Waals surface area contributed by atoms with Crippen LogP contribution in [0, 0.1) is 0 Å². The van der Waals surface area contributed by atoms with Crippen molar-refractivity contribution in [2.45, 2.75) is 47.0 Å². The Morgan fingerprint density at radius 2 is 1.73 bits per heavy atom. The van der Waals surface area contributed by atoms with E-state index in [2.05, 4.69) is 45.2 Å². The molecule has 88 valence electrons. The lowest BCUT2D eigenvalue weighted by molar-refractivity contribution is 0.336. The van der Waals surface area contributed by atoms with E-state index >= 15 is 0 Å². The van der Waals surface area contributed by atoms with Gasteiger partial charge in [0.15, 0.2) is 0 Å². The zero-order valence-electron chi connectivity index (χ0n) is 11.0. The average molecular weight is 209 g/mol. The molecule has 0 saturated heterocycles. The van der Waals surface area contributed by atoms with Crippen LogP contribution in [-0.4, -0.2) is 24.5 Å². The highest BCUT2D eigenvalue weighted by molar-refractivity contribution is 5.00. The summed E-state index contributed by atoms with van der Waals surface area (Å²) in [5, 5.41) is 0. The second kappa shape index (κ2) is 8.72. The highest BCUT2D eigenvalue weighted by atomic mass is 15.1. The maximum absolute atomic E-state index is 3.93. The first-order valence-corrected chi connectivity index (χ1v) is 6.12. The van der Waals surface area contributed by atoms with Gasteiger partial charge in [-0.3, -0.25) is 0 Å². The summed E-state index contributed by atoms with van der Waals surface area (Å²) in [7, 11) is 0. The lowest BCUT2D eigenvalue weighted by Gasteiger charge is -2.15. The van der Waals surface area contributed by atoms with Crippen molar-refractivity contribution in [1.82, 2.24) is 4.90 Å². The first-order chi connectivity index (χ1) is 7.10. The van der Waals surface area contributed by atoms with E-state index in [0.717, 1.165) is 26.1 Å². The minimum absolute atomic E-state index is 1.10. The number of hydrogen-bond acceptors (Lipinski definition) is 1. The van der Waals surface area contributed by atoms with Gasteiger partial charge in [-0.1, -0.05) is 31.1 Å². The van der Waals surface area contributed by atoms with Crippen molar-refractivity contribution < 1.29 is 0 Å². The smallest absolute Gasteiger partial charge is 0.0165 e. The fourth-order valence-electron chi connectivity index (χ4n) is 1.54. The van der Waals surface area contributed by atoms with Crippen LogP contribution in [0.3, 0.4) is 0 Å². The van der Waals surface area contributed by atoms with Crippen LogP contribution in [0.15, 0.2) is 23.8 Å². The number of rotatable bonds is 8. The number of hydrogen-bond donors (Lipinski definition) is 0. The number of allylic oxidation sites excluding steroid dienone is 2. The SMILES string of the molecule is C=C(C)CCC/C(C)=C\CN(CC)CC. The van der Waals surface area contributed by atoms with Crippen LogP contribution in [0.4, 0.5) is 0 Å². The van der Waals surface area contributed by atoms with Gasteiger partial charge in [-0.15, -0.1) is 6.58 Å². The molecular formula is C14H27N. The summed E-state index contributed by atoms with van der Waals surface area (Å²) in [6.45, 7) is 16.1. The van der Waals surface area contributed by atoms with E-state index in [-0.39, 0.29) is 0 Å². The fourth-order valence-corrected chi connectivity index (χ4v) is 1.54. The van der Waals surface area contributed by atoms with Gasteiger partial charge in [0, 0.05) is 6.54 Å². The zero-order valence-corrected chi connectivity index (χ0v) is 11.0. The van der Waals surface area contributed by atoms with Gasteiger partial charge < -0.3 is 4.90 Å². The maximum atomic E-state index is 3.93. The molecule has 0 saturated carbocycles. The normalized spacial score (nSPS) is 12.2. The molecule has 1 nitrogen and oxygen atoms in total. The highest BCUT2D eigenvalue weighted by Crippen LogP contribution is 2.10. The fraction of sp³-hybridized carbons (Fsp3) is 0.714. The van der Waals surface area contributed by atoms with Crippen molar-refractivity contribution in [3.05, 3.63) is 23.8 Å². The molecule has 0 aromatic rings. The molecule has 0 N–H and O–H groups in total. The minimum atomic E-state index is 1.10. The van der Waals surface area contributed by atoms with Crippen LogP contribution in [0.1, 0.15) is 47.0 Å². The summed E-state index contributed by atoms with van der Waals surface area (Å²) in [5.41, 5.74) is 2.81. The van der Waals surface area contributed by atoms with Gasteiger partial charge >= 0.3 is 0 Å². The van der Waals surface area contributed by atoms with E-state index in [4.69, 9.17) is 0 Å². The summed E-state index contributed by atoms with van der Waals surface area (Å²) < 4.78 is 0. The van der Waals surface area contributed by atoms with Gasteiger partial charge in [0.25, 0.3) is 0 Å². The number of nitrogens with zero attached hydrogens (tertiary/aromatic N) is 1. The topological polar surface area (TPSA) is 3.24 Å². The molecule has 0 amide bonds. The van der Waals surface area contributed by atoms with Crippen LogP contribution < -0.4 is 0 Å². The molecule has 0 aromatic carbocycles. The Morgan fingerprint density at radius 3 is 2.20 bits per heavy atom. The zero-order chi connectivity index (χ0) is 11.7. The summed E-state index contributed by atoms with van der Waals surface area (Å²) in [4.78, 5) is 2.43. The molecule has 0 aliphatic carbocycles. The van der Waals surface area contributed by atoms with Crippen molar-refractivity contribution in [1.29, 1.82) is 0 Å². The van der Waals surface area contributed by atoms with Gasteiger partial charge in [-0.25, -0.2) is 0 Å². The van der Waals surface area contributed by atoms with Crippen LogP contribution in [0.25, 0.3) is 0 Å². The van der Waals surface area contributed by atoms with Crippen LogP contribution in [-0.2, 0) is 0 Å². The standard InChI is InChI=1S/C14H27N/c1-6-15(7-2)12-11-14(5)10-8-9-13(3)4/h11H,3,6-10,12H2,1-2,4-5H3/b14-11-. The predicted molar refractivity (Wildman–Crippen MR) is 70.2 cm³/mol. The largest absolute Gasteiger partial charge is 0.300 e. The second-order valence-corrected chi connectivity index (χ2v) is 4.35. The average Bonchev–Trinajstić information content (AvgIpc) is 2.18. The molecule has 0 bridgehead atoms. The Hall–Kier alpha value is -0.560. The molecule has 0 fully saturated rings. The van der Waals surface area contributed by atoms with Gasteiger partial charge in [0.2, 0.25) is 0 Å². The van der Waals surface area contributed by atoms with Crippen LogP contribution in [0.2, 0.25) is 0 Å². The van der Waals surface area contributed by atoms with Crippen LogP contribution >= 0.6 is 0 Å². The molecular weight excluding hydrogens is 182 g/mol. The van der Waals surface area contributed by atoms with E-state index in [1.54, 1.807) is 0 Å². The van der Waals surface area contributed by atoms with Crippen molar-refractivity contribution in [2.75, 3.05) is 19.6 Å². The third-order valence-corrected chi connectivity index (χ3v) is 2.77. The van der Waals surface area contributed by atoms with E-state index in [1.165, 1.54) is 24.0 Å². The Balaban J connectivity index is 3.72. The van der Waals surface area contributed by atoms with Gasteiger partial charge in [0.05, 0.1) is 0 Å². The lowest BCUT2D eigenvalue weighted by Crippen LogP contribution is -2.22. The molecule has 0 atom stereocenters. The van der Waals surface area contributed by atoms with Gasteiger partial charge in [-0.05, 0) is 46.2 Å². The summed E-state index contributed by atoms with van der Waals surface area (Å²) >= 11 is 0. The van der Waals surface area contributed by atoms with Crippen molar-refractivity contribution in [2.24, 2.45) is 0 Å². The number of likely N-dealkylation sites (N-methyl/N-ethyl adjacent to an activating group) is 1. The summed E-state index contributed by atoms with van der Waals surface area (Å²) in [6, 6.07) is 0. The highest BCUT2D eigenvalue weighted by Gasteiger charge is 1.96. The van der Waals surface area contributed by atoms with Crippen molar-refractivity contribution in [3.8, 4) is 0 Å². The third kappa shape index (κ3) is 8.44. The Bertz CT molecular complexity index is 199. The van der Waals surface area contributed by atoms with E-state index < -0.39 is 0 Å². The van der Waals surface area contributed by atoms with E-state index in [1.807, 2.05) is 0 Å². The van der Waals surface area contributed by atoms with Gasteiger partial charge in [0.1, 0.15) is 0 Å². The van der Waals surface area contributed by atoms with E-state index in [9.17, 15) is 0 Å². The summed E-state index contributed by atoms with van der Waals surface area (Å²) in [5.74, 6) is 0. The first kappa shape index (κ1) is 14.4. The molecule has 0 spiro atoms. The van der Waals surface area contributed by atoms with Gasteiger partial charge in [-0.2, -0.15) is 0 Å². The quantitative estimate of drug-likeness (QED) is 0.546. The molecule has 0 heterocycles.